The van der Waals surface area contributed by atoms with Crippen molar-refractivity contribution in [3.05, 3.63) is 46.6 Å². The molecule has 4 heterocycles. The SMILES string of the molecule is CN(C)CCN(C)c1cc(N2CC(O)C2)nc2cc([C@@H]3CCCCN3C(=O)c3cc(Cl)ccc3NS(C)(=O)=O)nn12. The molecule has 2 saturated heterocycles. The third-order valence-corrected chi connectivity index (χ3v) is 8.31. The molecule has 12 nitrogen and oxygen atoms in total. The minimum absolute atomic E-state index is 0.189. The number of aliphatic hydroxyl groups is 1. The van der Waals surface area contributed by atoms with E-state index in [1.54, 1.807) is 11.0 Å². The van der Waals surface area contributed by atoms with Crippen LogP contribution in [0.4, 0.5) is 17.3 Å². The number of rotatable bonds is 9. The Hall–Kier alpha value is -3.13. The number of benzene rings is 1. The molecule has 0 radical (unpaired) electrons. The van der Waals surface area contributed by atoms with Gasteiger partial charge in [-0.25, -0.2) is 13.4 Å². The number of fused-ring (bicyclic) bond motifs is 1. The van der Waals surface area contributed by atoms with Gasteiger partial charge in [0.15, 0.2) is 5.65 Å². The molecule has 14 heteroatoms. The first kappa shape index (κ1) is 29.4. The lowest BCUT2D eigenvalue weighted by molar-refractivity contribution is 0.0607. The smallest absolute Gasteiger partial charge is 0.256 e. The fourth-order valence-corrected chi connectivity index (χ4v) is 6.04. The van der Waals surface area contributed by atoms with Crippen LogP contribution in [0, 0.1) is 0 Å². The Morgan fingerprint density at radius 3 is 2.59 bits per heavy atom. The number of likely N-dealkylation sites (tertiary alicyclic amines) is 1. The lowest BCUT2D eigenvalue weighted by atomic mass is 9.98. The van der Waals surface area contributed by atoms with E-state index in [-0.39, 0.29) is 29.3 Å². The number of nitrogens with one attached hydrogen (secondary N) is 1. The molecular weight excluding hydrogens is 568 g/mol. The van der Waals surface area contributed by atoms with Crippen molar-refractivity contribution in [2.45, 2.75) is 31.4 Å². The summed E-state index contributed by atoms with van der Waals surface area (Å²) in [5, 5.41) is 15.2. The summed E-state index contributed by atoms with van der Waals surface area (Å²) in [6.45, 7) is 3.17. The predicted octanol–water partition coefficient (Wildman–Crippen LogP) is 2.30. The number of hydrogen-bond acceptors (Lipinski definition) is 9. The van der Waals surface area contributed by atoms with Crippen LogP contribution in [0.3, 0.4) is 0 Å². The summed E-state index contributed by atoms with van der Waals surface area (Å²) in [6, 6.07) is 8.15. The Morgan fingerprint density at radius 1 is 1.15 bits per heavy atom. The Balaban J connectivity index is 1.53. The molecule has 2 aromatic heterocycles. The maximum Gasteiger partial charge on any atom is 0.256 e. The van der Waals surface area contributed by atoms with Gasteiger partial charge in [0.25, 0.3) is 5.91 Å². The predicted molar refractivity (Wildman–Crippen MR) is 161 cm³/mol. The molecule has 41 heavy (non-hydrogen) atoms. The molecule has 0 saturated carbocycles. The maximum atomic E-state index is 13.9. The van der Waals surface area contributed by atoms with Crippen LogP contribution in [0.1, 0.15) is 41.4 Å². The fourth-order valence-electron chi connectivity index (χ4n) is 5.29. The number of anilines is 3. The number of amides is 1. The van der Waals surface area contributed by atoms with Gasteiger partial charge in [-0.05, 0) is 51.6 Å². The van der Waals surface area contributed by atoms with Crippen LogP contribution in [-0.4, -0.2) is 110 Å². The molecule has 2 fully saturated rings. The van der Waals surface area contributed by atoms with Crippen LogP contribution in [0.15, 0.2) is 30.3 Å². The van der Waals surface area contributed by atoms with Crippen molar-refractivity contribution in [2.75, 3.05) is 74.6 Å². The quantitative estimate of drug-likeness (QED) is 0.378. The number of β-amino-alcohol motifs (C(OH)–C–C–N with tert-alkyl or cyclic N) is 1. The third-order valence-electron chi connectivity index (χ3n) is 7.49. The molecule has 2 aliphatic rings. The van der Waals surface area contributed by atoms with Crippen LogP contribution in [0.5, 0.6) is 0 Å². The van der Waals surface area contributed by atoms with E-state index in [9.17, 15) is 18.3 Å². The first-order valence-corrected chi connectivity index (χ1v) is 15.9. The zero-order chi connectivity index (χ0) is 29.5. The summed E-state index contributed by atoms with van der Waals surface area (Å²) in [6.07, 6.45) is 3.14. The molecular formula is C27H37ClN8O4S. The van der Waals surface area contributed by atoms with Gasteiger partial charge in [-0.2, -0.15) is 9.61 Å². The second kappa shape index (κ2) is 11.6. The Morgan fingerprint density at radius 2 is 1.90 bits per heavy atom. The van der Waals surface area contributed by atoms with Gasteiger partial charge in [-0.1, -0.05) is 11.6 Å². The molecule has 2 aliphatic heterocycles. The van der Waals surface area contributed by atoms with Crippen molar-refractivity contribution in [2.24, 2.45) is 0 Å². The van der Waals surface area contributed by atoms with Crippen molar-refractivity contribution in [3.8, 4) is 0 Å². The summed E-state index contributed by atoms with van der Waals surface area (Å²) in [7, 11) is 2.46. The van der Waals surface area contributed by atoms with Crippen LogP contribution in [0.25, 0.3) is 5.65 Å². The molecule has 2 N–H and O–H groups in total. The summed E-state index contributed by atoms with van der Waals surface area (Å²) >= 11 is 6.24. The van der Waals surface area contributed by atoms with Gasteiger partial charge in [0.1, 0.15) is 11.6 Å². The number of aromatic nitrogens is 3. The van der Waals surface area contributed by atoms with E-state index in [1.165, 1.54) is 12.1 Å². The molecule has 0 unspecified atom stereocenters. The topological polar surface area (TPSA) is 127 Å². The Labute approximate surface area is 245 Å². The summed E-state index contributed by atoms with van der Waals surface area (Å²) in [5.41, 5.74) is 1.76. The number of hydrogen-bond donors (Lipinski definition) is 2. The Bertz CT molecular complexity index is 1540. The van der Waals surface area contributed by atoms with Crippen LogP contribution in [0.2, 0.25) is 5.02 Å². The summed E-state index contributed by atoms with van der Waals surface area (Å²) in [4.78, 5) is 26.8. The second-order valence-electron chi connectivity index (χ2n) is 11.2. The monoisotopic (exact) mass is 604 g/mol. The molecule has 0 bridgehead atoms. The van der Waals surface area contributed by atoms with Gasteiger partial charge in [-0.3, -0.25) is 9.52 Å². The van der Waals surface area contributed by atoms with E-state index in [1.807, 2.05) is 42.7 Å². The third kappa shape index (κ3) is 6.53. The zero-order valence-electron chi connectivity index (χ0n) is 23.8. The van der Waals surface area contributed by atoms with Crippen molar-refractivity contribution < 1.29 is 18.3 Å². The van der Waals surface area contributed by atoms with E-state index < -0.39 is 10.0 Å². The van der Waals surface area contributed by atoms with Crippen LogP contribution >= 0.6 is 11.6 Å². The number of aliphatic hydroxyl groups excluding tert-OH is 1. The van der Waals surface area contributed by atoms with Gasteiger partial charge < -0.3 is 24.7 Å². The molecule has 0 aliphatic carbocycles. The van der Waals surface area contributed by atoms with Crippen LogP contribution in [-0.2, 0) is 10.0 Å². The lowest BCUT2D eigenvalue weighted by Gasteiger charge is -2.37. The average Bonchev–Trinajstić information content (AvgIpc) is 3.33. The van der Waals surface area contributed by atoms with Crippen molar-refractivity contribution in [1.29, 1.82) is 0 Å². The van der Waals surface area contributed by atoms with Crippen molar-refractivity contribution in [1.82, 2.24) is 24.4 Å². The summed E-state index contributed by atoms with van der Waals surface area (Å²) in [5.74, 6) is 1.32. The lowest BCUT2D eigenvalue weighted by Crippen LogP contribution is -2.51. The van der Waals surface area contributed by atoms with Gasteiger partial charge in [-0.15, -0.1) is 0 Å². The first-order valence-electron chi connectivity index (χ1n) is 13.7. The molecule has 3 aromatic rings. The highest BCUT2D eigenvalue weighted by atomic mass is 35.5. The minimum Gasteiger partial charge on any atom is -0.389 e. The minimum atomic E-state index is -3.61. The number of sulfonamides is 1. The van der Waals surface area contributed by atoms with E-state index in [2.05, 4.69) is 14.5 Å². The first-order chi connectivity index (χ1) is 19.4. The fraction of sp³-hybridized carbons (Fsp3) is 0.519. The number of carbonyl (C=O) groups excluding carboxylic acids is 1. The second-order valence-corrected chi connectivity index (χ2v) is 13.4. The van der Waals surface area contributed by atoms with Gasteiger partial charge in [0, 0.05) is 56.9 Å². The maximum absolute atomic E-state index is 13.9. The molecule has 1 aromatic carbocycles. The van der Waals surface area contributed by atoms with Gasteiger partial charge in [0.05, 0.1) is 35.3 Å². The van der Waals surface area contributed by atoms with Crippen LogP contribution < -0.4 is 14.5 Å². The standard InChI is InChI=1S/C27H37ClN8O4S/c1-32(2)11-12-33(3)26-15-24(34-16-19(37)17-34)29-25-14-22(30-36(25)26)23-7-5-6-10-35(23)27(38)20-13-18(28)8-9-21(20)31-41(4,39)40/h8-9,13-15,19,23,31,37H,5-7,10-12,16-17H2,1-4H3/t23-/m0/s1. The van der Waals surface area contributed by atoms with Gasteiger partial charge >= 0.3 is 0 Å². The number of piperidine rings is 1. The highest BCUT2D eigenvalue weighted by molar-refractivity contribution is 7.92. The highest BCUT2D eigenvalue weighted by Crippen LogP contribution is 2.35. The number of halogens is 1. The average molecular weight is 605 g/mol. The molecule has 1 atom stereocenters. The molecule has 1 amide bonds. The Kier molecular flexibility index (Phi) is 8.33. The van der Waals surface area contributed by atoms with E-state index in [0.717, 1.165) is 43.8 Å². The largest absolute Gasteiger partial charge is 0.389 e. The number of nitrogens with zero attached hydrogens (tertiary/aromatic N) is 7. The van der Waals surface area contributed by atoms with E-state index in [0.29, 0.717) is 42.4 Å². The van der Waals surface area contributed by atoms with Gasteiger partial charge in [0.2, 0.25) is 10.0 Å². The highest BCUT2D eigenvalue weighted by Gasteiger charge is 2.33. The summed E-state index contributed by atoms with van der Waals surface area (Å²) < 4.78 is 28.3. The molecule has 5 rings (SSSR count). The molecule has 0 spiro atoms. The normalized spacial score (nSPS) is 18.2. The van der Waals surface area contributed by atoms with E-state index in [4.69, 9.17) is 21.7 Å². The molecule has 222 valence electrons. The zero-order valence-corrected chi connectivity index (χ0v) is 25.4. The van der Waals surface area contributed by atoms with E-state index >= 15 is 0 Å². The van der Waals surface area contributed by atoms with Crippen molar-refractivity contribution >= 4 is 50.5 Å². The number of carbonyl (C=O) groups is 1. The van der Waals surface area contributed by atoms with Crippen molar-refractivity contribution in [3.63, 3.8) is 0 Å². The number of likely N-dealkylation sites (N-methyl/N-ethyl adjacent to an activating group) is 2.